The summed E-state index contributed by atoms with van der Waals surface area (Å²) in [7, 11) is 1.61. The minimum atomic E-state index is -0.0641. The van der Waals surface area contributed by atoms with Gasteiger partial charge in [-0.1, -0.05) is 0 Å². The van der Waals surface area contributed by atoms with E-state index in [1.165, 1.54) is 0 Å². The van der Waals surface area contributed by atoms with Gasteiger partial charge in [0.1, 0.15) is 5.75 Å². The number of benzene rings is 1. The van der Waals surface area contributed by atoms with Crippen LogP contribution in [0.3, 0.4) is 0 Å². The van der Waals surface area contributed by atoms with Gasteiger partial charge in [-0.05, 0) is 30.7 Å². The monoisotopic (exact) mass is 244 g/mol. The Morgan fingerprint density at radius 3 is 2.69 bits per heavy atom. The fraction of sp³-hybridized carbons (Fsp3) is 0.364. The number of carbonyl (C=O) groups is 1. The van der Waals surface area contributed by atoms with Gasteiger partial charge in [0.2, 0.25) is 5.91 Å². The lowest BCUT2D eigenvalue weighted by Crippen LogP contribution is -2.16. The van der Waals surface area contributed by atoms with Crippen LogP contribution in [-0.4, -0.2) is 19.6 Å². The quantitative estimate of drug-likeness (QED) is 0.848. The summed E-state index contributed by atoms with van der Waals surface area (Å²) in [5.74, 6) is 0.718. The number of hydrogen-bond acceptors (Lipinski definition) is 3. The van der Waals surface area contributed by atoms with E-state index in [2.05, 4.69) is 5.32 Å². The van der Waals surface area contributed by atoms with Crippen molar-refractivity contribution in [3.8, 4) is 5.75 Å². The van der Waals surface area contributed by atoms with E-state index in [9.17, 15) is 4.79 Å². The first-order valence-electron chi connectivity index (χ1n) is 4.82. The summed E-state index contributed by atoms with van der Waals surface area (Å²) in [5.41, 5.74) is 7.06. The van der Waals surface area contributed by atoms with E-state index < -0.39 is 0 Å². The van der Waals surface area contributed by atoms with Crippen molar-refractivity contribution in [3.63, 3.8) is 0 Å². The Kier molecular flexibility index (Phi) is 6.53. The molecule has 0 aliphatic rings. The van der Waals surface area contributed by atoms with Crippen LogP contribution in [0.5, 0.6) is 5.75 Å². The zero-order valence-electron chi connectivity index (χ0n) is 9.45. The maximum atomic E-state index is 11.3. The second-order valence-corrected chi connectivity index (χ2v) is 3.27. The van der Waals surface area contributed by atoms with E-state index >= 15 is 0 Å². The summed E-state index contributed by atoms with van der Waals surface area (Å²) in [4.78, 5) is 11.3. The van der Waals surface area contributed by atoms with Gasteiger partial charge in [0.05, 0.1) is 7.11 Å². The molecule has 0 heterocycles. The Bertz CT molecular complexity index is 356. The number of nitrogens with two attached hydrogens (primary N) is 1. The average Bonchev–Trinajstić information content (AvgIpc) is 2.21. The maximum Gasteiger partial charge on any atom is 0.225 e. The topological polar surface area (TPSA) is 64.3 Å². The first kappa shape index (κ1) is 14.7. The summed E-state index contributed by atoms with van der Waals surface area (Å²) >= 11 is 0. The van der Waals surface area contributed by atoms with Crippen LogP contribution in [0.4, 0.5) is 5.69 Å². The summed E-state index contributed by atoms with van der Waals surface area (Å²) in [6.45, 7) is 2.28. The highest BCUT2D eigenvalue weighted by molar-refractivity contribution is 5.91. The van der Waals surface area contributed by atoms with Gasteiger partial charge in [-0.15, -0.1) is 12.4 Å². The zero-order chi connectivity index (χ0) is 11.3. The van der Waals surface area contributed by atoms with Crippen LogP contribution in [0.1, 0.15) is 12.0 Å². The molecule has 16 heavy (non-hydrogen) atoms. The number of hydrogen-bond donors (Lipinski definition) is 2. The lowest BCUT2D eigenvalue weighted by Gasteiger charge is -2.09. The molecule has 1 aromatic rings. The molecule has 4 nitrogen and oxygen atoms in total. The number of aryl methyl sites for hydroxylation is 1. The number of carbonyl (C=O) groups excluding carboxylic acids is 1. The number of methoxy groups -OCH3 is 1. The van der Waals surface area contributed by atoms with Gasteiger partial charge >= 0.3 is 0 Å². The number of rotatable bonds is 4. The minimum Gasteiger partial charge on any atom is -0.497 e. The molecule has 0 aliphatic carbocycles. The SMILES string of the molecule is COc1ccc(NC(=O)CCN)c(C)c1.Cl. The molecule has 0 unspecified atom stereocenters. The summed E-state index contributed by atoms with van der Waals surface area (Å²) in [6, 6.07) is 5.51. The van der Waals surface area contributed by atoms with Crippen LogP contribution in [0.15, 0.2) is 18.2 Å². The smallest absolute Gasteiger partial charge is 0.225 e. The van der Waals surface area contributed by atoms with Gasteiger partial charge < -0.3 is 15.8 Å². The van der Waals surface area contributed by atoms with Crippen LogP contribution >= 0.6 is 12.4 Å². The molecular formula is C11H17ClN2O2. The van der Waals surface area contributed by atoms with E-state index in [0.717, 1.165) is 17.0 Å². The molecule has 5 heteroatoms. The highest BCUT2D eigenvalue weighted by Gasteiger charge is 2.04. The molecule has 0 fully saturated rings. The molecule has 1 rings (SSSR count). The minimum absolute atomic E-state index is 0. The second kappa shape index (κ2) is 7.09. The van der Waals surface area contributed by atoms with E-state index in [1.54, 1.807) is 7.11 Å². The third kappa shape index (κ3) is 4.08. The first-order chi connectivity index (χ1) is 7.17. The molecule has 0 bridgehead atoms. The molecule has 0 radical (unpaired) electrons. The van der Waals surface area contributed by atoms with Crippen molar-refractivity contribution >= 4 is 24.0 Å². The van der Waals surface area contributed by atoms with Crippen molar-refractivity contribution in [1.82, 2.24) is 0 Å². The second-order valence-electron chi connectivity index (χ2n) is 3.27. The van der Waals surface area contributed by atoms with Crippen molar-refractivity contribution in [1.29, 1.82) is 0 Å². The third-order valence-corrected chi connectivity index (χ3v) is 2.08. The number of amides is 1. The van der Waals surface area contributed by atoms with Crippen LogP contribution in [-0.2, 0) is 4.79 Å². The van der Waals surface area contributed by atoms with Gasteiger partial charge in [-0.25, -0.2) is 0 Å². The van der Waals surface area contributed by atoms with E-state index in [0.29, 0.717) is 13.0 Å². The van der Waals surface area contributed by atoms with Crippen molar-refractivity contribution in [2.24, 2.45) is 5.73 Å². The molecule has 3 N–H and O–H groups in total. The van der Waals surface area contributed by atoms with E-state index in [1.807, 2.05) is 25.1 Å². The number of nitrogens with one attached hydrogen (secondary N) is 1. The highest BCUT2D eigenvalue weighted by atomic mass is 35.5. The van der Waals surface area contributed by atoms with Crippen molar-refractivity contribution in [2.45, 2.75) is 13.3 Å². The zero-order valence-corrected chi connectivity index (χ0v) is 10.3. The molecular weight excluding hydrogens is 228 g/mol. The summed E-state index contributed by atoms with van der Waals surface area (Å²) < 4.78 is 5.07. The fourth-order valence-electron chi connectivity index (χ4n) is 1.25. The van der Waals surface area contributed by atoms with Crippen molar-refractivity contribution in [3.05, 3.63) is 23.8 Å². The standard InChI is InChI=1S/C11H16N2O2.ClH/c1-8-7-9(15-2)3-4-10(8)13-11(14)5-6-12;/h3-4,7H,5-6,12H2,1-2H3,(H,13,14);1H. The number of halogens is 1. The van der Waals surface area contributed by atoms with Crippen LogP contribution < -0.4 is 15.8 Å². The Morgan fingerprint density at radius 1 is 1.50 bits per heavy atom. The Labute approximate surface area is 102 Å². The molecule has 90 valence electrons. The van der Waals surface area contributed by atoms with Gasteiger partial charge in [-0.2, -0.15) is 0 Å². The van der Waals surface area contributed by atoms with Crippen LogP contribution in [0.25, 0.3) is 0 Å². The normalized spacial score (nSPS) is 9.19. The maximum absolute atomic E-state index is 11.3. The first-order valence-corrected chi connectivity index (χ1v) is 4.82. The number of ether oxygens (including phenoxy) is 1. The predicted octanol–water partition coefficient (Wildman–Crippen LogP) is 1.71. The Morgan fingerprint density at radius 2 is 2.19 bits per heavy atom. The molecule has 0 atom stereocenters. The Balaban J connectivity index is 0.00000225. The third-order valence-electron chi connectivity index (χ3n) is 2.08. The fourth-order valence-corrected chi connectivity index (χ4v) is 1.25. The van der Waals surface area contributed by atoms with Crippen LogP contribution in [0.2, 0.25) is 0 Å². The number of anilines is 1. The Hall–Kier alpha value is -1.26. The van der Waals surface area contributed by atoms with E-state index in [4.69, 9.17) is 10.5 Å². The molecule has 1 aromatic carbocycles. The average molecular weight is 245 g/mol. The van der Waals surface area contributed by atoms with Gasteiger partial charge in [0.25, 0.3) is 0 Å². The molecule has 0 aliphatic heterocycles. The summed E-state index contributed by atoms with van der Waals surface area (Å²) in [5, 5.41) is 2.79. The predicted molar refractivity (Wildman–Crippen MR) is 67.3 cm³/mol. The molecule has 0 aromatic heterocycles. The van der Waals surface area contributed by atoms with Gasteiger partial charge in [0, 0.05) is 18.7 Å². The largest absolute Gasteiger partial charge is 0.497 e. The van der Waals surface area contributed by atoms with Crippen molar-refractivity contribution < 1.29 is 9.53 Å². The molecule has 1 amide bonds. The molecule has 0 saturated carbocycles. The van der Waals surface area contributed by atoms with Crippen molar-refractivity contribution in [2.75, 3.05) is 19.0 Å². The highest BCUT2D eigenvalue weighted by Crippen LogP contribution is 2.20. The lowest BCUT2D eigenvalue weighted by atomic mass is 10.2. The lowest BCUT2D eigenvalue weighted by molar-refractivity contribution is -0.116. The van der Waals surface area contributed by atoms with E-state index in [-0.39, 0.29) is 18.3 Å². The van der Waals surface area contributed by atoms with Gasteiger partial charge in [0.15, 0.2) is 0 Å². The molecule has 0 saturated heterocycles. The molecule has 0 spiro atoms. The van der Waals surface area contributed by atoms with Gasteiger partial charge in [-0.3, -0.25) is 4.79 Å². The summed E-state index contributed by atoms with van der Waals surface area (Å²) in [6.07, 6.45) is 0.339. The van der Waals surface area contributed by atoms with Crippen LogP contribution in [0, 0.1) is 6.92 Å².